The number of fused-ring (bicyclic) bond motifs is 1. The zero-order valence-electron chi connectivity index (χ0n) is 21.8. The second kappa shape index (κ2) is 11.3. The largest absolute Gasteiger partial charge is 0.503 e. The number of nitrogens with one attached hydrogen (secondary N) is 1. The number of benzene rings is 1. The molecule has 0 bridgehead atoms. The lowest BCUT2D eigenvalue weighted by Gasteiger charge is -2.27. The molecule has 1 aromatic carbocycles. The molecule has 40 heavy (non-hydrogen) atoms. The van der Waals surface area contributed by atoms with Gasteiger partial charge in [0.25, 0.3) is 5.91 Å². The fourth-order valence-electron chi connectivity index (χ4n) is 4.53. The number of hydrogen-bond donors (Lipinski definition) is 3. The summed E-state index contributed by atoms with van der Waals surface area (Å²) < 4.78 is 38.3. The molecule has 0 saturated carbocycles. The van der Waals surface area contributed by atoms with E-state index in [-0.39, 0.29) is 54.2 Å². The number of ether oxygens (including phenoxy) is 1. The number of carbonyl (C=O) groups excluding carboxylic acids is 2. The number of hydrogen-bond acceptors (Lipinski definition) is 7. The van der Waals surface area contributed by atoms with Crippen LogP contribution in [-0.4, -0.2) is 78.2 Å². The van der Waals surface area contributed by atoms with Crippen molar-refractivity contribution in [2.45, 2.75) is 25.1 Å². The second-order valence-corrected chi connectivity index (χ2v) is 9.81. The Balaban J connectivity index is 1.88. The van der Waals surface area contributed by atoms with Crippen molar-refractivity contribution in [3.63, 3.8) is 0 Å². The van der Waals surface area contributed by atoms with Gasteiger partial charge in [0.05, 0.1) is 52.2 Å². The van der Waals surface area contributed by atoms with Crippen LogP contribution >= 0.6 is 0 Å². The molecule has 1 fully saturated rings. The number of nitrogens with zero attached hydrogens (tertiary/aromatic N) is 5. The first-order chi connectivity index (χ1) is 19.1. The first-order valence-corrected chi connectivity index (χ1v) is 12.6. The third kappa shape index (κ3) is 4.96. The molecule has 1 aliphatic heterocycles. The van der Waals surface area contributed by atoms with E-state index >= 15 is 4.39 Å². The molecule has 0 unspecified atom stereocenters. The number of likely N-dealkylation sites (tertiary alicyclic amines) is 1. The Bertz CT molecular complexity index is 1600. The Kier molecular flexibility index (Phi) is 8.07. The average Bonchev–Trinajstić information content (AvgIpc) is 3.60. The van der Waals surface area contributed by atoms with Gasteiger partial charge in [-0.15, -0.1) is 0 Å². The van der Waals surface area contributed by atoms with E-state index in [1.165, 1.54) is 29.3 Å². The summed E-state index contributed by atoms with van der Waals surface area (Å²) in [5.41, 5.74) is 5.52. The minimum Gasteiger partial charge on any atom is -0.503 e. The van der Waals surface area contributed by atoms with Crippen LogP contribution < -0.4 is 11.1 Å². The maximum absolute atomic E-state index is 15.2. The molecule has 11 nitrogen and oxygen atoms in total. The number of allylic oxidation sites excluding steroid dienone is 1. The number of aryl methyl sites for hydroxylation is 1. The Labute approximate surface area is 231 Å². The molecule has 207 valence electrons. The molecule has 3 aromatic rings. The second-order valence-electron chi connectivity index (χ2n) is 8.88. The van der Waals surface area contributed by atoms with Crippen molar-refractivity contribution < 1.29 is 28.2 Å². The summed E-state index contributed by atoms with van der Waals surface area (Å²) in [6.45, 7) is 5.56. The van der Waals surface area contributed by atoms with Gasteiger partial charge in [-0.3, -0.25) is 9.59 Å². The van der Waals surface area contributed by atoms with Gasteiger partial charge in [-0.1, -0.05) is 12.5 Å². The number of amides is 2. The molecular formula is C26H26F2N7O4Si. The summed E-state index contributed by atoms with van der Waals surface area (Å²) in [4.78, 5) is 30.6. The topological polar surface area (TPSA) is 141 Å². The number of primary amides is 1. The van der Waals surface area contributed by atoms with Crippen LogP contribution in [0.15, 0.2) is 37.0 Å². The molecule has 3 radical (unpaired) electrons. The van der Waals surface area contributed by atoms with Crippen molar-refractivity contribution in [3.8, 4) is 11.8 Å². The van der Waals surface area contributed by atoms with Crippen molar-refractivity contribution in [3.05, 3.63) is 65.5 Å². The monoisotopic (exact) mass is 566 g/mol. The molecule has 2 aromatic heterocycles. The van der Waals surface area contributed by atoms with Gasteiger partial charge in [-0.05, 0) is 18.9 Å². The summed E-state index contributed by atoms with van der Waals surface area (Å²) in [5.74, 6) is 1.93. The van der Waals surface area contributed by atoms with Gasteiger partial charge in [-0.2, -0.15) is 5.10 Å². The smallest absolute Gasteiger partial charge is 0.255 e. The van der Waals surface area contributed by atoms with E-state index in [4.69, 9.17) is 10.5 Å². The number of anilines is 1. The predicted molar refractivity (Wildman–Crippen MR) is 143 cm³/mol. The molecule has 4 N–H and O–H groups in total. The molecular weight excluding hydrogens is 540 g/mol. The first kappa shape index (κ1) is 28.5. The summed E-state index contributed by atoms with van der Waals surface area (Å²) in [7, 11) is 5.14. The predicted octanol–water partition coefficient (Wildman–Crippen LogP) is 1.16. The van der Waals surface area contributed by atoms with E-state index in [0.29, 0.717) is 12.2 Å². The number of nitrogens with two attached hydrogens (primary N) is 1. The number of rotatable bonds is 8. The first-order valence-electron chi connectivity index (χ1n) is 12.1. The number of halogens is 2. The quantitative estimate of drug-likeness (QED) is 0.161. The van der Waals surface area contributed by atoms with Crippen molar-refractivity contribution >= 4 is 38.9 Å². The average molecular weight is 567 g/mol. The van der Waals surface area contributed by atoms with E-state index in [2.05, 4.69) is 44.1 Å². The minimum absolute atomic E-state index is 0.0111. The standard InChI is InChI=1S/C26H26F2N7O4Si/c1-4-20(37)34-13-26(40,11-15(34)12-39-3)35-25(30-8-9-36)21(24(29)38)18(32-35)7-6-16-17(27)10-19-23(22(16)28)31-14-33(19)5-2/h4,10,12,14,30,36H,1,5,8-9,11,13H2,2-3H3,(H2,29,38)/b15-12+/t26-/m1/s1. The van der Waals surface area contributed by atoms with Gasteiger partial charge < -0.3 is 30.4 Å². The van der Waals surface area contributed by atoms with Gasteiger partial charge in [0, 0.05) is 32.1 Å². The fraction of sp³-hybridized carbons (Fsp3) is 0.308. The van der Waals surface area contributed by atoms with Crippen molar-refractivity contribution in [2.75, 3.05) is 32.1 Å². The molecule has 1 aliphatic rings. The Morgan fingerprint density at radius 3 is 2.77 bits per heavy atom. The number of carbonyl (C=O) groups is 2. The van der Waals surface area contributed by atoms with E-state index < -0.39 is 34.2 Å². The maximum Gasteiger partial charge on any atom is 0.255 e. The third-order valence-electron chi connectivity index (χ3n) is 6.33. The van der Waals surface area contributed by atoms with Crippen LogP contribution in [0, 0.1) is 23.5 Å². The van der Waals surface area contributed by atoms with Crippen molar-refractivity contribution in [2.24, 2.45) is 5.73 Å². The molecule has 14 heteroatoms. The van der Waals surface area contributed by atoms with Gasteiger partial charge >= 0.3 is 0 Å². The summed E-state index contributed by atoms with van der Waals surface area (Å²) >= 11 is 0. The van der Waals surface area contributed by atoms with Crippen LogP contribution in [-0.2, 0) is 21.2 Å². The molecule has 2 amide bonds. The van der Waals surface area contributed by atoms with Gasteiger partial charge in [0.15, 0.2) is 11.5 Å². The summed E-state index contributed by atoms with van der Waals surface area (Å²) in [5, 5.41) is 15.7. The minimum atomic E-state index is -1.13. The molecule has 0 aliphatic carbocycles. The van der Waals surface area contributed by atoms with E-state index in [9.17, 15) is 19.1 Å². The van der Waals surface area contributed by atoms with Crippen LogP contribution in [0.3, 0.4) is 0 Å². The van der Waals surface area contributed by atoms with Gasteiger partial charge in [-0.25, -0.2) is 18.4 Å². The number of methoxy groups -OCH3 is 1. The number of aromatic nitrogens is 4. The highest BCUT2D eigenvalue weighted by Crippen LogP contribution is 2.37. The fourth-order valence-corrected chi connectivity index (χ4v) is 5.03. The molecule has 1 saturated heterocycles. The number of aliphatic hydroxyl groups excluding tert-OH is 1. The molecule has 3 heterocycles. The molecule has 0 spiro atoms. The van der Waals surface area contributed by atoms with Crippen molar-refractivity contribution in [1.82, 2.24) is 24.2 Å². The Morgan fingerprint density at radius 1 is 1.40 bits per heavy atom. The third-order valence-corrected chi connectivity index (χ3v) is 6.88. The van der Waals surface area contributed by atoms with Crippen LogP contribution in [0.1, 0.15) is 35.0 Å². The highest BCUT2D eigenvalue weighted by molar-refractivity contribution is 6.15. The van der Waals surface area contributed by atoms with Gasteiger partial charge in [0.2, 0.25) is 5.91 Å². The zero-order chi connectivity index (χ0) is 29.2. The Morgan fingerprint density at radius 2 is 2.15 bits per heavy atom. The summed E-state index contributed by atoms with van der Waals surface area (Å²) in [6.07, 6.45) is 4.10. The maximum atomic E-state index is 15.2. The Hall–Kier alpha value is -4.48. The lowest BCUT2D eigenvalue weighted by Crippen LogP contribution is -2.40. The normalized spacial score (nSPS) is 17.6. The highest BCUT2D eigenvalue weighted by atomic mass is 28.1. The summed E-state index contributed by atoms with van der Waals surface area (Å²) in [6, 6.07) is 1.14. The van der Waals surface area contributed by atoms with E-state index in [1.54, 1.807) is 4.57 Å². The van der Waals surface area contributed by atoms with Crippen LogP contribution in [0.2, 0.25) is 0 Å². The van der Waals surface area contributed by atoms with Crippen LogP contribution in [0.25, 0.3) is 11.0 Å². The molecule has 1 atom stereocenters. The number of aliphatic hydroxyl groups is 1. The van der Waals surface area contributed by atoms with Crippen LogP contribution in [0.4, 0.5) is 14.6 Å². The van der Waals surface area contributed by atoms with Gasteiger partial charge in [0.1, 0.15) is 29.0 Å². The highest BCUT2D eigenvalue weighted by Gasteiger charge is 2.44. The van der Waals surface area contributed by atoms with Crippen molar-refractivity contribution in [1.29, 1.82) is 0 Å². The molecule has 4 rings (SSSR count). The van der Waals surface area contributed by atoms with Crippen LogP contribution in [0.5, 0.6) is 0 Å². The SMILES string of the molecule is C=CC(=O)N1C[C@@]([Si])(n2nc(C#Cc3c(F)cc4c(ncn4CC)c3F)c(C(N)=O)c2NCCO)C/C1=C\OC. The lowest BCUT2D eigenvalue weighted by atomic mass is 10.1. The van der Waals surface area contributed by atoms with E-state index in [0.717, 1.165) is 12.1 Å². The number of imidazole rings is 1. The zero-order valence-corrected chi connectivity index (χ0v) is 22.8. The lowest BCUT2D eigenvalue weighted by molar-refractivity contribution is -0.123. The van der Waals surface area contributed by atoms with E-state index in [1.807, 2.05) is 6.92 Å².